The third-order valence-corrected chi connectivity index (χ3v) is 4.51. The summed E-state index contributed by atoms with van der Waals surface area (Å²) in [5.41, 5.74) is 2.32. The number of hydrogen-bond acceptors (Lipinski definition) is 2. The molecule has 0 atom stereocenters. The molecule has 0 aliphatic carbocycles. The van der Waals surface area contributed by atoms with Gasteiger partial charge in [0, 0.05) is 36.8 Å². The van der Waals surface area contributed by atoms with Gasteiger partial charge >= 0.3 is 0 Å². The van der Waals surface area contributed by atoms with Crippen LogP contribution < -0.4 is 0 Å². The zero-order chi connectivity index (χ0) is 19.1. The molecule has 0 spiro atoms. The summed E-state index contributed by atoms with van der Waals surface area (Å²) in [6, 6.07) is 17.0. The van der Waals surface area contributed by atoms with Crippen molar-refractivity contribution in [1.82, 2.24) is 9.80 Å². The molecule has 0 aromatic heterocycles. The number of benzene rings is 2. The first-order valence-corrected chi connectivity index (χ1v) is 9.22. The minimum atomic E-state index is -0.0225. The van der Waals surface area contributed by atoms with Crippen LogP contribution >= 0.6 is 0 Å². The second-order valence-corrected chi connectivity index (χ2v) is 6.57. The highest BCUT2D eigenvalue weighted by Gasteiger charge is 2.20. The number of hydrogen-bond donors (Lipinski definition) is 0. The molecule has 0 N–H and O–H groups in total. The lowest BCUT2D eigenvalue weighted by Gasteiger charge is -2.27. The lowest BCUT2D eigenvalue weighted by Crippen LogP contribution is -2.36. The van der Waals surface area contributed by atoms with Crippen molar-refractivity contribution in [2.75, 3.05) is 13.1 Å². The van der Waals surface area contributed by atoms with Crippen molar-refractivity contribution >= 4 is 11.8 Å². The van der Waals surface area contributed by atoms with E-state index >= 15 is 0 Å². The fourth-order valence-corrected chi connectivity index (χ4v) is 2.88. The Morgan fingerprint density at radius 3 is 1.77 bits per heavy atom. The third kappa shape index (κ3) is 4.72. The maximum Gasteiger partial charge on any atom is 0.254 e. The van der Waals surface area contributed by atoms with E-state index < -0.39 is 0 Å². The van der Waals surface area contributed by atoms with Crippen LogP contribution in [0, 0.1) is 0 Å². The molecule has 0 saturated carbocycles. The van der Waals surface area contributed by atoms with Crippen LogP contribution in [0.4, 0.5) is 0 Å². The van der Waals surface area contributed by atoms with Gasteiger partial charge in [-0.2, -0.15) is 0 Å². The van der Waals surface area contributed by atoms with E-state index in [2.05, 4.69) is 0 Å². The van der Waals surface area contributed by atoms with Gasteiger partial charge in [0.15, 0.2) is 0 Å². The average Bonchev–Trinajstić information content (AvgIpc) is 2.67. The van der Waals surface area contributed by atoms with Gasteiger partial charge in [-0.15, -0.1) is 0 Å². The van der Waals surface area contributed by atoms with Gasteiger partial charge in [0.25, 0.3) is 11.8 Å². The number of rotatable bonds is 7. The van der Waals surface area contributed by atoms with Gasteiger partial charge in [-0.3, -0.25) is 9.59 Å². The van der Waals surface area contributed by atoms with E-state index in [0.29, 0.717) is 30.8 Å². The van der Waals surface area contributed by atoms with Crippen molar-refractivity contribution in [2.24, 2.45) is 0 Å². The Morgan fingerprint density at radius 1 is 0.808 bits per heavy atom. The van der Waals surface area contributed by atoms with Crippen LogP contribution in [0.1, 0.15) is 54.0 Å². The van der Waals surface area contributed by atoms with Gasteiger partial charge in [-0.25, -0.2) is 0 Å². The van der Waals surface area contributed by atoms with Gasteiger partial charge in [0.05, 0.1) is 0 Å². The van der Waals surface area contributed by atoms with E-state index in [1.807, 2.05) is 62.9 Å². The Kier molecular flexibility index (Phi) is 6.96. The molecule has 2 amide bonds. The zero-order valence-corrected chi connectivity index (χ0v) is 16.1. The van der Waals surface area contributed by atoms with E-state index in [0.717, 1.165) is 5.56 Å². The summed E-state index contributed by atoms with van der Waals surface area (Å²) < 4.78 is 0. The standard InChI is InChI=1S/C22H28N2O2/c1-5-23(6-2)21(25)19-12-14-20(15-13-19)22(26)24(17(3)4)16-18-10-8-7-9-11-18/h7-15,17H,5-6,16H2,1-4H3. The van der Waals surface area contributed by atoms with E-state index in [-0.39, 0.29) is 17.9 Å². The van der Waals surface area contributed by atoms with E-state index in [1.54, 1.807) is 29.2 Å². The first kappa shape index (κ1) is 19.7. The summed E-state index contributed by atoms with van der Waals surface area (Å²) in [5.74, 6) is -0.0234. The Balaban J connectivity index is 2.17. The molecular weight excluding hydrogens is 324 g/mol. The molecule has 138 valence electrons. The fraction of sp³-hybridized carbons (Fsp3) is 0.364. The summed E-state index contributed by atoms with van der Waals surface area (Å²) in [7, 11) is 0. The van der Waals surface area contributed by atoms with Crippen molar-refractivity contribution in [1.29, 1.82) is 0 Å². The van der Waals surface area contributed by atoms with E-state index in [1.165, 1.54) is 0 Å². The van der Waals surface area contributed by atoms with Crippen LogP contribution in [0.15, 0.2) is 54.6 Å². The summed E-state index contributed by atoms with van der Waals surface area (Å²) >= 11 is 0. The fourth-order valence-electron chi connectivity index (χ4n) is 2.88. The van der Waals surface area contributed by atoms with E-state index in [4.69, 9.17) is 0 Å². The topological polar surface area (TPSA) is 40.6 Å². The Labute approximate surface area is 156 Å². The molecule has 2 aromatic carbocycles. The second-order valence-electron chi connectivity index (χ2n) is 6.57. The minimum absolute atomic E-state index is 0.000926. The maximum absolute atomic E-state index is 12.9. The SMILES string of the molecule is CCN(CC)C(=O)c1ccc(C(=O)N(Cc2ccccc2)C(C)C)cc1. The molecule has 2 aromatic rings. The van der Waals surface area contributed by atoms with E-state index in [9.17, 15) is 9.59 Å². The Morgan fingerprint density at radius 2 is 1.31 bits per heavy atom. The summed E-state index contributed by atoms with van der Waals surface area (Å²) in [6.07, 6.45) is 0. The van der Waals surface area contributed by atoms with Crippen LogP contribution in [0.3, 0.4) is 0 Å². The highest BCUT2D eigenvalue weighted by molar-refractivity contribution is 5.98. The van der Waals surface area contributed by atoms with Crippen LogP contribution in [0.25, 0.3) is 0 Å². The third-order valence-electron chi connectivity index (χ3n) is 4.51. The lowest BCUT2D eigenvalue weighted by molar-refractivity contribution is 0.0688. The van der Waals surface area contributed by atoms with Crippen LogP contribution in [-0.2, 0) is 6.54 Å². The van der Waals surface area contributed by atoms with Crippen LogP contribution in [0.5, 0.6) is 0 Å². The summed E-state index contributed by atoms with van der Waals surface area (Å²) in [6.45, 7) is 9.87. The zero-order valence-electron chi connectivity index (χ0n) is 16.1. The molecule has 0 unspecified atom stereocenters. The molecule has 4 heteroatoms. The van der Waals surface area contributed by atoms with Gasteiger partial charge < -0.3 is 9.80 Å². The average molecular weight is 352 g/mol. The van der Waals surface area contributed by atoms with Gasteiger partial charge in [-0.05, 0) is 57.5 Å². The predicted molar refractivity (Wildman–Crippen MR) is 105 cm³/mol. The number of carbonyl (C=O) groups is 2. The highest BCUT2D eigenvalue weighted by Crippen LogP contribution is 2.15. The largest absolute Gasteiger partial charge is 0.339 e. The number of amides is 2. The minimum Gasteiger partial charge on any atom is -0.339 e. The molecule has 0 heterocycles. The molecule has 0 fully saturated rings. The normalized spacial score (nSPS) is 10.7. The molecule has 0 aliphatic heterocycles. The summed E-state index contributed by atoms with van der Waals surface area (Å²) in [5, 5.41) is 0. The number of nitrogens with zero attached hydrogens (tertiary/aromatic N) is 2. The van der Waals surface area contributed by atoms with Crippen molar-refractivity contribution in [3.63, 3.8) is 0 Å². The first-order valence-electron chi connectivity index (χ1n) is 9.22. The van der Waals surface area contributed by atoms with Crippen LogP contribution in [0.2, 0.25) is 0 Å². The molecule has 0 radical (unpaired) electrons. The summed E-state index contributed by atoms with van der Waals surface area (Å²) in [4.78, 5) is 29.0. The molecule has 4 nitrogen and oxygen atoms in total. The van der Waals surface area contributed by atoms with Crippen molar-refractivity contribution < 1.29 is 9.59 Å². The van der Waals surface area contributed by atoms with Gasteiger partial charge in [-0.1, -0.05) is 30.3 Å². The van der Waals surface area contributed by atoms with Crippen molar-refractivity contribution in [3.8, 4) is 0 Å². The molecule has 2 rings (SSSR count). The Hall–Kier alpha value is -2.62. The molecular formula is C22H28N2O2. The van der Waals surface area contributed by atoms with Gasteiger partial charge in [0.1, 0.15) is 0 Å². The molecule has 0 saturated heterocycles. The predicted octanol–water partition coefficient (Wildman–Crippen LogP) is 4.22. The van der Waals surface area contributed by atoms with Crippen molar-refractivity contribution in [2.45, 2.75) is 40.3 Å². The molecule has 0 bridgehead atoms. The van der Waals surface area contributed by atoms with Gasteiger partial charge in [0.2, 0.25) is 0 Å². The quantitative estimate of drug-likeness (QED) is 0.748. The first-order chi connectivity index (χ1) is 12.5. The van der Waals surface area contributed by atoms with Crippen LogP contribution in [-0.4, -0.2) is 40.7 Å². The lowest BCUT2D eigenvalue weighted by atomic mass is 10.1. The highest BCUT2D eigenvalue weighted by atomic mass is 16.2. The number of carbonyl (C=O) groups excluding carboxylic acids is 2. The van der Waals surface area contributed by atoms with Crippen molar-refractivity contribution in [3.05, 3.63) is 71.3 Å². The second kappa shape index (κ2) is 9.18. The smallest absolute Gasteiger partial charge is 0.254 e. The maximum atomic E-state index is 12.9. The Bertz CT molecular complexity index is 720. The monoisotopic (exact) mass is 352 g/mol. The molecule has 0 aliphatic rings. The molecule has 26 heavy (non-hydrogen) atoms.